The van der Waals surface area contributed by atoms with Crippen molar-refractivity contribution in [1.29, 1.82) is 0 Å². The first kappa shape index (κ1) is 18.6. The smallest absolute Gasteiger partial charge is 0.337 e. The molecule has 0 saturated carbocycles. The SMILES string of the molecule is Cc1ccc(-n2nc(C(C)C)cc2OC(=O)C=Cc2ccccc2)c(C)c1. The van der Waals surface area contributed by atoms with Crippen LogP contribution in [0.1, 0.15) is 42.1 Å². The van der Waals surface area contributed by atoms with Gasteiger partial charge in [0.1, 0.15) is 0 Å². The highest BCUT2D eigenvalue weighted by Gasteiger charge is 2.16. The molecule has 1 heterocycles. The van der Waals surface area contributed by atoms with Crippen LogP contribution in [-0.2, 0) is 4.79 Å². The van der Waals surface area contributed by atoms with Crippen LogP contribution in [-0.4, -0.2) is 15.7 Å². The Morgan fingerprint density at radius 2 is 1.81 bits per heavy atom. The van der Waals surface area contributed by atoms with E-state index in [1.807, 2.05) is 55.5 Å². The Morgan fingerprint density at radius 1 is 1.07 bits per heavy atom. The van der Waals surface area contributed by atoms with Crippen LogP contribution in [0.25, 0.3) is 11.8 Å². The van der Waals surface area contributed by atoms with E-state index in [0.29, 0.717) is 5.88 Å². The molecule has 2 aromatic carbocycles. The van der Waals surface area contributed by atoms with Gasteiger partial charge in [-0.15, -0.1) is 0 Å². The van der Waals surface area contributed by atoms with Crippen LogP contribution in [0.5, 0.6) is 5.88 Å². The van der Waals surface area contributed by atoms with Gasteiger partial charge in [-0.05, 0) is 43.0 Å². The number of aromatic nitrogens is 2. The predicted octanol–water partition coefficient (Wildman–Crippen LogP) is 5.23. The molecule has 1 aromatic heterocycles. The summed E-state index contributed by atoms with van der Waals surface area (Å²) >= 11 is 0. The first-order valence-corrected chi connectivity index (χ1v) is 9.06. The lowest BCUT2D eigenvalue weighted by Crippen LogP contribution is -2.09. The van der Waals surface area contributed by atoms with Crippen LogP contribution >= 0.6 is 0 Å². The fourth-order valence-electron chi connectivity index (χ4n) is 2.82. The van der Waals surface area contributed by atoms with E-state index in [4.69, 9.17) is 4.74 Å². The van der Waals surface area contributed by atoms with Gasteiger partial charge >= 0.3 is 5.97 Å². The van der Waals surface area contributed by atoms with Crippen LogP contribution in [0.2, 0.25) is 0 Å². The zero-order valence-electron chi connectivity index (χ0n) is 16.1. The Hall–Kier alpha value is -3.14. The maximum absolute atomic E-state index is 12.3. The van der Waals surface area contributed by atoms with Crippen molar-refractivity contribution in [2.24, 2.45) is 0 Å². The Kier molecular flexibility index (Phi) is 5.55. The molecule has 4 heteroatoms. The number of rotatable bonds is 5. The second-order valence-electron chi connectivity index (χ2n) is 6.93. The molecule has 0 aliphatic carbocycles. The van der Waals surface area contributed by atoms with Gasteiger partial charge in [-0.1, -0.05) is 61.9 Å². The summed E-state index contributed by atoms with van der Waals surface area (Å²) < 4.78 is 7.32. The third-order valence-corrected chi connectivity index (χ3v) is 4.28. The minimum Gasteiger partial charge on any atom is -0.404 e. The molecular weight excluding hydrogens is 336 g/mol. The molecule has 0 bridgehead atoms. The van der Waals surface area contributed by atoms with Crippen molar-refractivity contribution < 1.29 is 9.53 Å². The van der Waals surface area contributed by atoms with Crippen LogP contribution in [0, 0.1) is 13.8 Å². The molecule has 0 spiro atoms. The van der Waals surface area contributed by atoms with Gasteiger partial charge in [-0.2, -0.15) is 5.10 Å². The van der Waals surface area contributed by atoms with E-state index >= 15 is 0 Å². The minimum atomic E-state index is -0.430. The van der Waals surface area contributed by atoms with Gasteiger partial charge in [0, 0.05) is 12.1 Å². The standard InChI is InChI=1S/C23H24N2O2/c1-16(2)20-15-22(25(24-20)21-12-10-17(3)14-18(21)4)27-23(26)13-11-19-8-6-5-7-9-19/h5-16H,1-4H3. The third-order valence-electron chi connectivity index (χ3n) is 4.28. The van der Waals surface area contributed by atoms with Crippen molar-refractivity contribution in [1.82, 2.24) is 9.78 Å². The van der Waals surface area contributed by atoms with E-state index in [-0.39, 0.29) is 5.92 Å². The van der Waals surface area contributed by atoms with Crippen molar-refractivity contribution in [2.75, 3.05) is 0 Å². The molecule has 0 atom stereocenters. The van der Waals surface area contributed by atoms with Crippen LogP contribution in [0.3, 0.4) is 0 Å². The first-order chi connectivity index (χ1) is 12.9. The summed E-state index contributed by atoms with van der Waals surface area (Å²) in [4.78, 5) is 12.3. The molecule has 27 heavy (non-hydrogen) atoms. The molecule has 0 N–H and O–H groups in total. The molecule has 0 amide bonds. The molecule has 3 rings (SSSR count). The number of carbonyl (C=O) groups excluding carboxylic acids is 1. The van der Waals surface area contributed by atoms with E-state index < -0.39 is 5.97 Å². The Labute approximate surface area is 160 Å². The van der Waals surface area contributed by atoms with Gasteiger partial charge in [0.05, 0.1) is 11.4 Å². The zero-order valence-corrected chi connectivity index (χ0v) is 16.1. The Bertz CT molecular complexity index is 969. The number of carbonyl (C=O) groups is 1. The number of ether oxygens (including phenoxy) is 1. The number of nitrogens with zero attached hydrogens (tertiary/aromatic N) is 2. The molecule has 4 nitrogen and oxygen atoms in total. The summed E-state index contributed by atoms with van der Waals surface area (Å²) in [6.45, 7) is 8.21. The summed E-state index contributed by atoms with van der Waals surface area (Å²) in [7, 11) is 0. The van der Waals surface area contributed by atoms with E-state index in [0.717, 1.165) is 22.5 Å². The minimum absolute atomic E-state index is 0.231. The number of esters is 1. The fourth-order valence-corrected chi connectivity index (χ4v) is 2.82. The number of benzene rings is 2. The monoisotopic (exact) mass is 360 g/mol. The van der Waals surface area contributed by atoms with Gasteiger partial charge in [-0.25, -0.2) is 9.48 Å². The van der Waals surface area contributed by atoms with Crippen molar-refractivity contribution >= 4 is 12.0 Å². The highest BCUT2D eigenvalue weighted by Crippen LogP contribution is 2.26. The van der Waals surface area contributed by atoms with E-state index in [1.165, 1.54) is 11.6 Å². The number of hydrogen-bond donors (Lipinski definition) is 0. The maximum Gasteiger partial charge on any atom is 0.337 e. The molecule has 138 valence electrons. The van der Waals surface area contributed by atoms with Gasteiger partial charge in [0.2, 0.25) is 5.88 Å². The molecule has 0 fully saturated rings. The Balaban J connectivity index is 1.90. The summed E-state index contributed by atoms with van der Waals surface area (Å²) in [6.07, 6.45) is 3.17. The van der Waals surface area contributed by atoms with Crippen molar-refractivity contribution in [3.63, 3.8) is 0 Å². The normalized spacial score (nSPS) is 11.3. The van der Waals surface area contributed by atoms with Gasteiger partial charge in [0.15, 0.2) is 0 Å². The molecule has 0 saturated heterocycles. The topological polar surface area (TPSA) is 44.1 Å². The Morgan fingerprint density at radius 3 is 2.48 bits per heavy atom. The second kappa shape index (κ2) is 8.04. The second-order valence-corrected chi connectivity index (χ2v) is 6.93. The molecular formula is C23H24N2O2. The average molecular weight is 360 g/mol. The first-order valence-electron chi connectivity index (χ1n) is 9.06. The lowest BCUT2D eigenvalue weighted by atomic mass is 10.1. The zero-order chi connectivity index (χ0) is 19.4. The average Bonchev–Trinajstić information content (AvgIpc) is 3.05. The lowest BCUT2D eigenvalue weighted by molar-refractivity contribution is -0.129. The molecule has 0 aliphatic rings. The van der Waals surface area contributed by atoms with E-state index in [9.17, 15) is 4.79 Å². The summed E-state index contributed by atoms with van der Waals surface area (Å²) in [5, 5.41) is 4.66. The lowest BCUT2D eigenvalue weighted by Gasteiger charge is -2.10. The molecule has 0 unspecified atom stereocenters. The van der Waals surface area contributed by atoms with Gasteiger partial charge < -0.3 is 4.74 Å². The van der Waals surface area contributed by atoms with E-state index in [2.05, 4.69) is 31.9 Å². The summed E-state index contributed by atoms with van der Waals surface area (Å²) in [5.41, 5.74) is 4.98. The predicted molar refractivity (Wildman–Crippen MR) is 108 cm³/mol. The number of hydrogen-bond acceptors (Lipinski definition) is 3. The largest absolute Gasteiger partial charge is 0.404 e. The summed E-state index contributed by atoms with van der Waals surface area (Å²) in [5.74, 6) is 0.225. The number of aryl methyl sites for hydroxylation is 2. The molecule has 0 aliphatic heterocycles. The van der Waals surface area contributed by atoms with Gasteiger partial charge in [-0.3, -0.25) is 0 Å². The van der Waals surface area contributed by atoms with Crippen LogP contribution < -0.4 is 4.74 Å². The maximum atomic E-state index is 12.3. The molecule has 0 radical (unpaired) electrons. The quantitative estimate of drug-likeness (QED) is 0.462. The third kappa shape index (κ3) is 4.53. The molecule has 3 aromatic rings. The van der Waals surface area contributed by atoms with Crippen molar-refractivity contribution in [3.05, 3.63) is 83.1 Å². The highest BCUT2D eigenvalue weighted by atomic mass is 16.5. The van der Waals surface area contributed by atoms with Crippen molar-refractivity contribution in [3.8, 4) is 11.6 Å². The van der Waals surface area contributed by atoms with Crippen LogP contribution in [0.4, 0.5) is 0 Å². The van der Waals surface area contributed by atoms with Crippen molar-refractivity contribution in [2.45, 2.75) is 33.6 Å². The summed E-state index contributed by atoms with van der Waals surface area (Å²) in [6, 6.07) is 17.6. The highest BCUT2D eigenvalue weighted by molar-refractivity contribution is 5.88. The van der Waals surface area contributed by atoms with Crippen LogP contribution in [0.15, 0.2) is 60.7 Å². The fraction of sp³-hybridized carbons (Fsp3) is 0.217. The van der Waals surface area contributed by atoms with E-state index in [1.54, 1.807) is 10.8 Å². The van der Waals surface area contributed by atoms with Gasteiger partial charge in [0.25, 0.3) is 0 Å².